The van der Waals surface area contributed by atoms with Gasteiger partial charge in [-0.1, -0.05) is 12.1 Å². The molecule has 3 N–H and O–H groups in total. The molecule has 0 unspecified atom stereocenters. The first-order valence-electron chi connectivity index (χ1n) is 8.78. The third-order valence-electron chi connectivity index (χ3n) is 4.39. The molecule has 0 aliphatic rings. The van der Waals surface area contributed by atoms with E-state index < -0.39 is 15.9 Å². The number of ether oxygens (including phenoxy) is 1. The summed E-state index contributed by atoms with van der Waals surface area (Å²) < 4.78 is 35.0. The molecule has 2 aromatic carbocycles. The maximum Gasteiger partial charge on any atom is 0.261 e. The van der Waals surface area contributed by atoms with Crippen molar-refractivity contribution in [1.29, 1.82) is 0 Å². The van der Waals surface area contributed by atoms with Crippen LogP contribution in [0.2, 0.25) is 0 Å². The topological polar surface area (TPSA) is 129 Å². The molecular formula is C20H17N5O4S. The molecule has 4 rings (SSSR count). The predicted octanol–water partition coefficient (Wildman–Crippen LogP) is 2.30. The van der Waals surface area contributed by atoms with Crippen LogP contribution in [0.3, 0.4) is 0 Å². The lowest BCUT2D eigenvalue weighted by Crippen LogP contribution is -2.16. The van der Waals surface area contributed by atoms with Crippen LogP contribution >= 0.6 is 0 Å². The minimum absolute atomic E-state index is 0.0219. The van der Waals surface area contributed by atoms with Gasteiger partial charge in [-0.3, -0.25) is 13.9 Å². The lowest BCUT2D eigenvalue weighted by molar-refractivity contribution is 0.0997. The molecule has 9 nitrogen and oxygen atoms in total. The highest BCUT2D eigenvalue weighted by Crippen LogP contribution is 2.26. The Morgan fingerprint density at radius 3 is 2.73 bits per heavy atom. The molecule has 152 valence electrons. The Kier molecular flexibility index (Phi) is 4.84. The van der Waals surface area contributed by atoms with Gasteiger partial charge in [0.1, 0.15) is 5.75 Å². The molecule has 1 amide bonds. The maximum absolute atomic E-state index is 12.8. The summed E-state index contributed by atoms with van der Waals surface area (Å²) in [7, 11) is -2.60. The number of carbonyl (C=O) groups is 1. The number of rotatable bonds is 6. The van der Waals surface area contributed by atoms with Gasteiger partial charge in [0.05, 0.1) is 23.3 Å². The normalized spacial score (nSPS) is 11.4. The van der Waals surface area contributed by atoms with Crippen LogP contribution in [0.15, 0.2) is 72.0 Å². The summed E-state index contributed by atoms with van der Waals surface area (Å²) in [6, 6.07) is 12.5. The zero-order valence-corrected chi connectivity index (χ0v) is 16.6. The summed E-state index contributed by atoms with van der Waals surface area (Å²) in [5, 5.41) is 0. The Bertz CT molecular complexity index is 1330. The van der Waals surface area contributed by atoms with E-state index in [1.165, 1.54) is 25.3 Å². The summed E-state index contributed by atoms with van der Waals surface area (Å²) in [6.07, 6.45) is 5.27. The summed E-state index contributed by atoms with van der Waals surface area (Å²) in [5.41, 5.74) is 7.01. The third kappa shape index (κ3) is 3.67. The first-order chi connectivity index (χ1) is 14.4. The largest absolute Gasteiger partial charge is 0.496 e. The molecule has 4 aromatic rings. The van der Waals surface area contributed by atoms with Gasteiger partial charge in [0.15, 0.2) is 0 Å². The second-order valence-electron chi connectivity index (χ2n) is 6.37. The number of methoxy groups -OCH3 is 1. The lowest BCUT2D eigenvalue weighted by atomic mass is 10.1. The van der Waals surface area contributed by atoms with Crippen molar-refractivity contribution in [3.8, 4) is 17.0 Å². The average molecular weight is 423 g/mol. The molecule has 30 heavy (non-hydrogen) atoms. The predicted molar refractivity (Wildman–Crippen MR) is 111 cm³/mol. The minimum Gasteiger partial charge on any atom is -0.496 e. The second kappa shape index (κ2) is 7.48. The summed E-state index contributed by atoms with van der Waals surface area (Å²) in [5.74, 6) is -0.0500. The number of nitrogens with two attached hydrogens (primary N) is 1. The quantitative estimate of drug-likeness (QED) is 0.490. The van der Waals surface area contributed by atoms with Crippen LogP contribution < -0.4 is 15.2 Å². The van der Waals surface area contributed by atoms with Crippen molar-refractivity contribution in [3.05, 3.63) is 72.7 Å². The lowest BCUT2D eigenvalue weighted by Gasteiger charge is -2.11. The van der Waals surface area contributed by atoms with Gasteiger partial charge < -0.3 is 10.5 Å². The van der Waals surface area contributed by atoms with Gasteiger partial charge in [-0.05, 0) is 36.4 Å². The Hall–Kier alpha value is -3.92. The van der Waals surface area contributed by atoms with Gasteiger partial charge in [0.25, 0.3) is 15.9 Å². The van der Waals surface area contributed by atoms with Crippen molar-refractivity contribution >= 4 is 27.4 Å². The number of nitrogens with one attached hydrogen (secondary N) is 1. The standard InChI is InChI=1S/C20H17N5O4S/c1-29-18-7-6-15(11-16(18)19(21)26)30(27,28)24-14-5-2-4-13(10-14)17-12-25-9-3-8-22-20(25)23-17/h2-12,24H,1H3,(H2,21,26). The average Bonchev–Trinajstić information content (AvgIpc) is 3.17. The zero-order chi connectivity index (χ0) is 21.3. The first kappa shape index (κ1) is 19.4. The molecule has 0 radical (unpaired) electrons. The van der Waals surface area contributed by atoms with Gasteiger partial charge in [0.2, 0.25) is 5.78 Å². The summed E-state index contributed by atoms with van der Waals surface area (Å²) in [6.45, 7) is 0. The Morgan fingerprint density at radius 1 is 1.17 bits per heavy atom. The fourth-order valence-electron chi connectivity index (χ4n) is 2.97. The highest BCUT2D eigenvalue weighted by molar-refractivity contribution is 7.92. The molecule has 0 atom stereocenters. The van der Waals surface area contributed by atoms with E-state index in [0.29, 0.717) is 22.7 Å². The van der Waals surface area contributed by atoms with Gasteiger partial charge in [-0.2, -0.15) is 0 Å². The first-order valence-corrected chi connectivity index (χ1v) is 10.3. The number of anilines is 1. The molecule has 2 heterocycles. The molecule has 2 aromatic heterocycles. The number of fused-ring (bicyclic) bond motifs is 1. The van der Waals surface area contributed by atoms with E-state index in [4.69, 9.17) is 10.5 Å². The number of carbonyl (C=O) groups excluding carboxylic acids is 1. The number of amides is 1. The van der Waals surface area contributed by atoms with E-state index in [1.54, 1.807) is 41.1 Å². The number of sulfonamides is 1. The maximum atomic E-state index is 12.8. The van der Waals surface area contributed by atoms with Crippen molar-refractivity contribution < 1.29 is 17.9 Å². The van der Waals surface area contributed by atoms with Crippen LogP contribution in [0, 0.1) is 0 Å². The Labute approximate surface area is 172 Å². The molecule has 0 aliphatic carbocycles. The van der Waals surface area contributed by atoms with Crippen LogP contribution in [0.1, 0.15) is 10.4 Å². The number of benzene rings is 2. The van der Waals surface area contributed by atoms with Crippen LogP contribution in [-0.4, -0.2) is 35.8 Å². The van der Waals surface area contributed by atoms with Crippen LogP contribution in [-0.2, 0) is 10.0 Å². The minimum atomic E-state index is -3.97. The van der Waals surface area contributed by atoms with Crippen LogP contribution in [0.25, 0.3) is 17.0 Å². The van der Waals surface area contributed by atoms with Crippen molar-refractivity contribution in [3.63, 3.8) is 0 Å². The molecule has 0 saturated heterocycles. The molecule has 0 saturated carbocycles. The highest BCUT2D eigenvalue weighted by Gasteiger charge is 2.19. The number of primary amides is 1. The molecule has 0 aliphatic heterocycles. The van der Waals surface area contributed by atoms with Gasteiger partial charge in [0, 0.05) is 29.8 Å². The Morgan fingerprint density at radius 2 is 2.00 bits per heavy atom. The van der Waals surface area contributed by atoms with E-state index in [0.717, 1.165) is 0 Å². The molecule has 10 heteroatoms. The third-order valence-corrected chi connectivity index (χ3v) is 5.77. The van der Waals surface area contributed by atoms with Gasteiger partial charge in [-0.15, -0.1) is 0 Å². The van der Waals surface area contributed by atoms with E-state index in [-0.39, 0.29) is 16.2 Å². The highest BCUT2D eigenvalue weighted by atomic mass is 32.2. The zero-order valence-electron chi connectivity index (χ0n) is 15.8. The van der Waals surface area contributed by atoms with Crippen molar-refractivity contribution in [2.75, 3.05) is 11.8 Å². The number of hydrogen-bond acceptors (Lipinski definition) is 6. The summed E-state index contributed by atoms with van der Waals surface area (Å²) in [4.78, 5) is 20.1. The van der Waals surface area contributed by atoms with Crippen LogP contribution in [0.5, 0.6) is 5.75 Å². The van der Waals surface area contributed by atoms with E-state index in [1.807, 2.05) is 12.3 Å². The number of aromatic nitrogens is 3. The van der Waals surface area contributed by atoms with E-state index in [9.17, 15) is 13.2 Å². The number of imidazole rings is 1. The van der Waals surface area contributed by atoms with Crippen LogP contribution in [0.4, 0.5) is 5.69 Å². The van der Waals surface area contributed by atoms with Crippen molar-refractivity contribution in [2.45, 2.75) is 4.90 Å². The Balaban J connectivity index is 1.66. The van der Waals surface area contributed by atoms with Crippen molar-refractivity contribution in [2.24, 2.45) is 5.73 Å². The molecule has 0 spiro atoms. The number of nitrogens with zero attached hydrogens (tertiary/aromatic N) is 3. The number of hydrogen-bond donors (Lipinski definition) is 2. The monoisotopic (exact) mass is 423 g/mol. The molecule has 0 fully saturated rings. The van der Waals surface area contributed by atoms with Gasteiger partial charge >= 0.3 is 0 Å². The molecule has 0 bridgehead atoms. The SMILES string of the molecule is COc1ccc(S(=O)(=O)Nc2cccc(-c3cn4cccnc4n3)c2)cc1C(N)=O. The second-order valence-corrected chi connectivity index (χ2v) is 8.05. The van der Waals surface area contributed by atoms with E-state index in [2.05, 4.69) is 14.7 Å². The smallest absolute Gasteiger partial charge is 0.261 e. The summed E-state index contributed by atoms with van der Waals surface area (Å²) >= 11 is 0. The fraction of sp³-hybridized carbons (Fsp3) is 0.0500. The van der Waals surface area contributed by atoms with Gasteiger partial charge in [-0.25, -0.2) is 18.4 Å². The van der Waals surface area contributed by atoms with E-state index >= 15 is 0 Å². The fourth-order valence-corrected chi connectivity index (χ4v) is 4.05. The van der Waals surface area contributed by atoms with Crippen molar-refractivity contribution in [1.82, 2.24) is 14.4 Å². The molecular weight excluding hydrogens is 406 g/mol.